The zero-order valence-corrected chi connectivity index (χ0v) is 22.9. The van der Waals surface area contributed by atoms with Crippen molar-refractivity contribution in [3.8, 4) is 0 Å². The number of thioether (sulfide) groups is 1. The van der Waals surface area contributed by atoms with E-state index in [4.69, 9.17) is 11.6 Å². The van der Waals surface area contributed by atoms with Gasteiger partial charge in [-0.3, -0.25) is 14.5 Å². The molecule has 1 amide bonds. The number of halogens is 4. The molecule has 11 heteroatoms. The van der Waals surface area contributed by atoms with Crippen molar-refractivity contribution in [2.75, 3.05) is 4.90 Å². The fourth-order valence-electron chi connectivity index (χ4n) is 4.99. The predicted molar refractivity (Wildman–Crippen MR) is 142 cm³/mol. The number of rotatable bonds is 5. The van der Waals surface area contributed by atoms with E-state index in [-0.39, 0.29) is 29.3 Å². The number of alkyl halides is 3. The van der Waals surface area contributed by atoms with Gasteiger partial charge in [-0.05, 0) is 35.1 Å². The van der Waals surface area contributed by atoms with Crippen molar-refractivity contribution in [1.29, 1.82) is 0 Å². The van der Waals surface area contributed by atoms with E-state index in [1.54, 1.807) is 12.1 Å². The standard InChI is InChI=1S/C27H23ClF3N3O2S2/c1-26(2)12-20-23(21(35)13-26)18(17-8-3-4-9-19(17)28)11-22(36)34(20)24-32-33-25(38-24)37-14-15-6-5-7-16(10-15)27(29,30)31/h3-10,18H,11-14H2,1-2H3. The topological polar surface area (TPSA) is 63.2 Å². The summed E-state index contributed by atoms with van der Waals surface area (Å²) in [4.78, 5) is 28.5. The average molecular weight is 578 g/mol. The first-order valence-corrected chi connectivity index (χ1v) is 14.1. The number of nitrogens with zero attached hydrogens (tertiary/aromatic N) is 3. The van der Waals surface area contributed by atoms with Crippen LogP contribution in [0, 0.1) is 5.41 Å². The lowest BCUT2D eigenvalue weighted by molar-refractivity contribution is -0.137. The maximum atomic E-state index is 13.5. The quantitative estimate of drug-likeness (QED) is 0.230. The minimum atomic E-state index is -4.41. The highest BCUT2D eigenvalue weighted by molar-refractivity contribution is 8.00. The lowest BCUT2D eigenvalue weighted by atomic mass is 9.69. The van der Waals surface area contributed by atoms with Crippen molar-refractivity contribution in [1.82, 2.24) is 10.2 Å². The van der Waals surface area contributed by atoms with Gasteiger partial charge in [-0.15, -0.1) is 10.2 Å². The molecule has 0 N–H and O–H groups in total. The lowest BCUT2D eigenvalue weighted by Crippen LogP contribution is -2.43. The molecule has 0 saturated carbocycles. The first kappa shape index (κ1) is 26.9. The highest BCUT2D eigenvalue weighted by Gasteiger charge is 2.45. The van der Waals surface area contributed by atoms with Crippen LogP contribution in [0.25, 0.3) is 0 Å². The third kappa shape index (κ3) is 5.39. The third-order valence-electron chi connectivity index (χ3n) is 6.63. The Balaban J connectivity index is 1.46. The largest absolute Gasteiger partial charge is 0.416 e. The number of Topliss-reactive ketones (excluding diaryl/α,β-unsaturated/α-hetero) is 1. The highest BCUT2D eigenvalue weighted by Crippen LogP contribution is 2.49. The Labute approximate surface area is 231 Å². The summed E-state index contributed by atoms with van der Waals surface area (Å²) in [5, 5.41) is 9.27. The predicted octanol–water partition coefficient (Wildman–Crippen LogP) is 7.67. The number of allylic oxidation sites excluding steroid dienone is 2. The number of ketones is 1. The number of carbonyl (C=O) groups excluding carboxylic acids is 2. The maximum Gasteiger partial charge on any atom is 0.416 e. The summed E-state index contributed by atoms with van der Waals surface area (Å²) in [7, 11) is 0. The first-order chi connectivity index (χ1) is 17.9. The van der Waals surface area contributed by atoms with Gasteiger partial charge in [0.05, 0.1) is 5.56 Å². The van der Waals surface area contributed by atoms with Crippen LogP contribution in [0.2, 0.25) is 5.02 Å². The van der Waals surface area contributed by atoms with Crippen LogP contribution in [-0.4, -0.2) is 21.9 Å². The molecule has 1 aliphatic heterocycles. The second kappa shape index (κ2) is 10.1. The average Bonchev–Trinajstić information content (AvgIpc) is 3.29. The zero-order valence-electron chi connectivity index (χ0n) is 20.5. The van der Waals surface area contributed by atoms with Gasteiger partial charge in [0.25, 0.3) is 0 Å². The summed E-state index contributed by atoms with van der Waals surface area (Å²) in [6, 6.07) is 12.4. The van der Waals surface area contributed by atoms with Gasteiger partial charge in [0.1, 0.15) is 0 Å². The van der Waals surface area contributed by atoms with Crippen LogP contribution in [0.15, 0.2) is 64.1 Å². The molecular formula is C27H23ClF3N3O2S2. The second-order valence-electron chi connectivity index (χ2n) is 10.1. The van der Waals surface area contributed by atoms with Crippen LogP contribution < -0.4 is 4.90 Å². The summed E-state index contributed by atoms with van der Waals surface area (Å²) in [5.74, 6) is -0.388. The van der Waals surface area contributed by atoms with Gasteiger partial charge in [0, 0.05) is 40.8 Å². The highest BCUT2D eigenvalue weighted by atomic mass is 35.5. The molecule has 0 saturated heterocycles. The van der Waals surface area contributed by atoms with E-state index >= 15 is 0 Å². The van der Waals surface area contributed by atoms with Gasteiger partial charge in [-0.1, -0.05) is 84.9 Å². The molecule has 1 unspecified atom stereocenters. The van der Waals surface area contributed by atoms with Gasteiger partial charge >= 0.3 is 6.18 Å². The van der Waals surface area contributed by atoms with Crippen LogP contribution in [0.1, 0.15) is 55.7 Å². The number of anilines is 1. The van der Waals surface area contributed by atoms with E-state index in [2.05, 4.69) is 10.2 Å². The minimum absolute atomic E-state index is 0.0117. The molecular weight excluding hydrogens is 555 g/mol. The van der Waals surface area contributed by atoms with Gasteiger partial charge in [0.2, 0.25) is 11.0 Å². The fourth-order valence-corrected chi connectivity index (χ4v) is 7.09. The van der Waals surface area contributed by atoms with E-state index in [1.807, 2.05) is 32.0 Å². The number of hydrogen-bond donors (Lipinski definition) is 0. The molecule has 2 aromatic carbocycles. The Morgan fingerprint density at radius 2 is 1.87 bits per heavy atom. The Morgan fingerprint density at radius 3 is 2.61 bits per heavy atom. The molecule has 0 spiro atoms. The number of aromatic nitrogens is 2. The molecule has 5 nitrogen and oxygen atoms in total. The molecule has 0 bridgehead atoms. The van der Waals surface area contributed by atoms with E-state index in [1.165, 1.54) is 34.1 Å². The van der Waals surface area contributed by atoms with Crippen LogP contribution in [-0.2, 0) is 21.5 Å². The molecule has 0 fully saturated rings. The molecule has 1 aromatic heterocycles. The Hall–Kier alpha value is -2.69. The molecule has 1 atom stereocenters. The minimum Gasteiger partial charge on any atom is -0.294 e. The second-order valence-corrected chi connectivity index (χ2v) is 12.7. The molecule has 38 heavy (non-hydrogen) atoms. The number of amides is 1. The molecule has 5 rings (SSSR count). The van der Waals surface area contributed by atoms with Crippen molar-refractivity contribution >= 4 is 51.5 Å². The number of benzene rings is 2. The third-order valence-corrected chi connectivity index (χ3v) is 9.08. The monoisotopic (exact) mass is 577 g/mol. The number of carbonyl (C=O) groups is 2. The van der Waals surface area contributed by atoms with Crippen molar-refractivity contribution in [3.05, 3.63) is 81.5 Å². The molecule has 0 radical (unpaired) electrons. The van der Waals surface area contributed by atoms with Crippen LogP contribution >= 0.6 is 34.7 Å². The normalized spacial score (nSPS) is 19.6. The van der Waals surface area contributed by atoms with E-state index in [9.17, 15) is 22.8 Å². The zero-order chi connectivity index (χ0) is 27.2. The Bertz CT molecular complexity index is 1450. The van der Waals surface area contributed by atoms with Crippen LogP contribution in [0.4, 0.5) is 18.3 Å². The maximum absolute atomic E-state index is 13.5. The molecule has 198 valence electrons. The van der Waals surface area contributed by atoms with Crippen molar-refractivity contribution < 1.29 is 22.8 Å². The summed E-state index contributed by atoms with van der Waals surface area (Å²) in [5.41, 5.74) is 1.41. The van der Waals surface area contributed by atoms with E-state index < -0.39 is 17.7 Å². The van der Waals surface area contributed by atoms with Crippen molar-refractivity contribution in [2.45, 2.75) is 55.3 Å². The summed E-state index contributed by atoms with van der Waals surface area (Å²) < 4.78 is 39.7. The SMILES string of the molecule is CC1(C)CC(=O)C2=C(C1)N(c1nnc(SCc3cccc(C(F)(F)F)c3)s1)C(=O)CC2c1ccccc1Cl. The summed E-state index contributed by atoms with van der Waals surface area (Å²) in [6.07, 6.45) is -3.47. The summed E-state index contributed by atoms with van der Waals surface area (Å²) >= 11 is 8.90. The molecule has 3 aromatic rings. The fraction of sp³-hybridized carbons (Fsp3) is 0.333. The van der Waals surface area contributed by atoms with Crippen molar-refractivity contribution in [3.63, 3.8) is 0 Å². The van der Waals surface area contributed by atoms with E-state index in [0.717, 1.165) is 17.7 Å². The van der Waals surface area contributed by atoms with E-state index in [0.29, 0.717) is 44.2 Å². The smallest absolute Gasteiger partial charge is 0.294 e. The molecule has 2 aliphatic rings. The molecule has 2 heterocycles. The van der Waals surface area contributed by atoms with Crippen LogP contribution in [0.5, 0.6) is 0 Å². The van der Waals surface area contributed by atoms with Gasteiger partial charge in [-0.25, -0.2) is 0 Å². The van der Waals surface area contributed by atoms with Crippen molar-refractivity contribution in [2.24, 2.45) is 5.41 Å². The van der Waals surface area contributed by atoms with Gasteiger partial charge < -0.3 is 0 Å². The lowest BCUT2D eigenvalue weighted by Gasteiger charge is -2.41. The first-order valence-electron chi connectivity index (χ1n) is 11.9. The molecule has 1 aliphatic carbocycles. The Morgan fingerprint density at radius 1 is 1.11 bits per heavy atom. The Kier molecular flexibility index (Phi) is 7.17. The summed E-state index contributed by atoms with van der Waals surface area (Å²) in [6.45, 7) is 3.99. The van der Waals surface area contributed by atoms with Gasteiger partial charge in [-0.2, -0.15) is 13.2 Å². The van der Waals surface area contributed by atoms with Crippen LogP contribution in [0.3, 0.4) is 0 Å². The van der Waals surface area contributed by atoms with Gasteiger partial charge in [0.15, 0.2) is 10.1 Å². The number of hydrogen-bond acceptors (Lipinski definition) is 6.